The van der Waals surface area contributed by atoms with Crippen molar-refractivity contribution in [2.24, 2.45) is 0 Å². The van der Waals surface area contributed by atoms with Gasteiger partial charge in [0, 0.05) is 32.0 Å². The first kappa shape index (κ1) is 11.9. The highest BCUT2D eigenvalue weighted by Crippen LogP contribution is 2.28. The summed E-state index contributed by atoms with van der Waals surface area (Å²) in [5, 5.41) is 0. The van der Waals surface area contributed by atoms with E-state index >= 15 is 0 Å². The molecular weight excluding hydrogens is 282 g/mol. The van der Waals surface area contributed by atoms with Crippen LogP contribution in [0.15, 0.2) is 41.3 Å². The summed E-state index contributed by atoms with van der Waals surface area (Å²) in [5.41, 5.74) is 1.08. The second kappa shape index (κ2) is 5.14. The summed E-state index contributed by atoms with van der Waals surface area (Å²) in [6.07, 6.45) is 3.11. The van der Waals surface area contributed by atoms with Crippen LogP contribution in [0, 0.1) is 0 Å². The summed E-state index contributed by atoms with van der Waals surface area (Å²) < 4.78 is 6.41. The van der Waals surface area contributed by atoms with Crippen LogP contribution >= 0.6 is 15.9 Å². The second-order valence-corrected chi connectivity index (χ2v) is 4.52. The molecule has 2 aromatic rings. The van der Waals surface area contributed by atoms with Gasteiger partial charge in [-0.25, -0.2) is 9.97 Å². The van der Waals surface area contributed by atoms with E-state index in [2.05, 4.69) is 25.9 Å². The molecule has 1 aromatic heterocycles. The summed E-state index contributed by atoms with van der Waals surface area (Å²) in [7, 11) is 3.97. The molecule has 0 aliphatic heterocycles. The monoisotopic (exact) mass is 293 g/mol. The number of hydrogen-bond donors (Lipinski definition) is 0. The highest BCUT2D eigenvalue weighted by molar-refractivity contribution is 9.10. The molecule has 88 valence electrons. The average molecular weight is 294 g/mol. The van der Waals surface area contributed by atoms with Gasteiger partial charge in [-0.15, -0.1) is 0 Å². The standard InChI is InChI=1S/C12H12BrN3O/c1-16(2)9-4-3-5-10(6-9)17-12-11(13)7-14-8-15-12/h3-8H,1-2H3. The molecule has 0 saturated carbocycles. The third-order valence-electron chi connectivity index (χ3n) is 2.18. The van der Waals surface area contributed by atoms with Crippen LogP contribution in [0.25, 0.3) is 0 Å². The smallest absolute Gasteiger partial charge is 0.236 e. The molecule has 4 nitrogen and oxygen atoms in total. The Hall–Kier alpha value is -1.62. The van der Waals surface area contributed by atoms with Crippen molar-refractivity contribution in [2.45, 2.75) is 0 Å². The minimum absolute atomic E-state index is 0.510. The van der Waals surface area contributed by atoms with Gasteiger partial charge in [-0.1, -0.05) is 6.07 Å². The first-order chi connectivity index (χ1) is 8.16. The van der Waals surface area contributed by atoms with Gasteiger partial charge >= 0.3 is 0 Å². The van der Waals surface area contributed by atoms with Gasteiger partial charge in [0.2, 0.25) is 5.88 Å². The Labute approximate surface area is 108 Å². The fourth-order valence-electron chi connectivity index (χ4n) is 1.31. The van der Waals surface area contributed by atoms with Crippen molar-refractivity contribution in [2.75, 3.05) is 19.0 Å². The van der Waals surface area contributed by atoms with Crippen LogP contribution in [0.1, 0.15) is 0 Å². The van der Waals surface area contributed by atoms with E-state index in [0.717, 1.165) is 15.9 Å². The minimum Gasteiger partial charge on any atom is -0.438 e. The lowest BCUT2D eigenvalue weighted by Crippen LogP contribution is -2.08. The summed E-state index contributed by atoms with van der Waals surface area (Å²) in [6, 6.07) is 7.80. The Kier molecular flexibility index (Phi) is 3.58. The molecule has 0 radical (unpaired) electrons. The maximum atomic E-state index is 5.68. The predicted octanol–water partition coefficient (Wildman–Crippen LogP) is 3.10. The normalized spacial score (nSPS) is 10.1. The van der Waals surface area contributed by atoms with E-state index in [1.807, 2.05) is 43.3 Å². The van der Waals surface area contributed by atoms with Crippen LogP contribution in [-0.2, 0) is 0 Å². The number of halogens is 1. The lowest BCUT2D eigenvalue weighted by Gasteiger charge is -2.13. The van der Waals surface area contributed by atoms with Gasteiger partial charge in [0.1, 0.15) is 12.1 Å². The van der Waals surface area contributed by atoms with E-state index in [4.69, 9.17) is 4.74 Å². The number of nitrogens with zero attached hydrogens (tertiary/aromatic N) is 3. The van der Waals surface area contributed by atoms with Gasteiger partial charge in [0.15, 0.2) is 0 Å². The van der Waals surface area contributed by atoms with Crippen LogP contribution in [-0.4, -0.2) is 24.1 Å². The van der Waals surface area contributed by atoms with Crippen molar-refractivity contribution in [1.29, 1.82) is 0 Å². The summed E-state index contributed by atoms with van der Waals surface area (Å²) in [5.74, 6) is 1.26. The third kappa shape index (κ3) is 2.94. The zero-order chi connectivity index (χ0) is 12.3. The second-order valence-electron chi connectivity index (χ2n) is 3.67. The molecule has 5 heteroatoms. The Bertz CT molecular complexity index is 517. The average Bonchev–Trinajstić information content (AvgIpc) is 2.32. The zero-order valence-electron chi connectivity index (χ0n) is 9.59. The van der Waals surface area contributed by atoms with E-state index in [0.29, 0.717) is 5.88 Å². The zero-order valence-corrected chi connectivity index (χ0v) is 11.2. The van der Waals surface area contributed by atoms with Gasteiger partial charge in [0.05, 0.1) is 4.47 Å². The summed E-state index contributed by atoms with van der Waals surface area (Å²) in [6.45, 7) is 0. The number of hydrogen-bond acceptors (Lipinski definition) is 4. The first-order valence-electron chi connectivity index (χ1n) is 5.07. The maximum absolute atomic E-state index is 5.68. The highest BCUT2D eigenvalue weighted by atomic mass is 79.9. The van der Waals surface area contributed by atoms with E-state index in [-0.39, 0.29) is 0 Å². The summed E-state index contributed by atoms with van der Waals surface area (Å²) in [4.78, 5) is 9.96. The van der Waals surface area contributed by atoms with E-state index < -0.39 is 0 Å². The Morgan fingerprint density at radius 3 is 2.82 bits per heavy atom. The van der Waals surface area contributed by atoms with Crippen molar-refractivity contribution in [1.82, 2.24) is 9.97 Å². The van der Waals surface area contributed by atoms with Crippen molar-refractivity contribution in [3.8, 4) is 11.6 Å². The maximum Gasteiger partial charge on any atom is 0.236 e. The third-order valence-corrected chi connectivity index (χ3v) is 2.73. The van der Waals surface area contributed by atoms with E-state index in [1.54, 1.807) is 6.20 Å². The van der Waals surface area contributed by atoms with Crippen molar-refractivity contribution in [3.05, 3.63) is 41.3 Å². The number of aromatic nitrogens is 2. The van der Waals surface area contributed by atoms with E-state index in [1.165, 1.54) is 6.33 Å². The van der Waals surface area contributed by atoms with Crippen LogP contribution in [0.4, 0.5) is 5.69 Å². The van der Waals surface area contributed by atoms with Gasteiger partial charge < -0.3 is 9.64 Å². The van der Waals surface area contributed by atoms with Gasteiger partial charge in [-0.05, 0) is 28.1 Å². The Morgan fingerprint density at radius 1 is 1.29 bits per heavy atom. The molecule has 2 rings (SSSR count). The fraction of sp³-hybridized carbons (Fsp3) is 0.167. The highest BCUT2D eigenvalue weighted by Gasteiger charge is 2.04. The molecule has 0 N–H and O–H groups in total. The lowest BCUT2D eigenvalue weighted by atomic mass is 10.3. The molecule has 17 heavy (non-hydrogen) atoms. The van der Waals surface area contributed by atoms with Gasteiger partial charge in [-0.3, -0.25) is 0 Å². The van der Waals surface area contributed by atoms with Gasteiger partial charge in [-0.2, -0.15) is 0 Å². The molecule has 0 fully saturated rings. The molecule has 0 spiro atoms. The van der Waals surface area contributed by atoms with Crippen molar-refractivity contribution < 1.29 is 4.74 Å². The Morgan fingerprint density at radius 2 is 2.12 bits per heavy atom. The largest absolute Gasteiger partial charge is 0.438 e. The van der Waals surface area contributed by atoms with Crippen molar-refractivity contribution >= 4 is 21.6 Å². The SMILES string of the molecule is CN(C)c1cccc(Oc2ncncc2Br)c1. The van der Waals surface area contributed by atoms with Crippen LogP contribution in [0.5, 0.6) is 11.6 Å². The molecule has 0 amide bonds. The predicted molar refractivity (Wildman–Crippen MR) is 70.6 cm³/mol. The van der Waals surface area contributed by atoms with Crippen LogP contribution in [0.2, 0.25) is 0 Å². The number of ether oxygens (including phenoxy) is 1. The number of anilines is 1. The summed E-state index contributed by atoms with van der Waals surface area (Å²) >= 11 is 3.34. The topological polar surface area (TPSA) is 38.2 Å². The molecule has 1 heterocycles. The number of rotatable bonds is 3. The minimum atomic E-state index is 0.510. The Balaban J connectivity index is 2.25. The molecule has 0 saturated heterocycles. The fourth-order valence-corrected chi connectivity index (χ4v) is 1.61. The van der Waals surface area contributed by atoms with Gasteiger partial charge in [0.25, 0.3) is 0 Å². The quantitative estimate of drug-likeness (QED) is 0.872. The van der Waals surface area contributed by atoms with Crippen molar-refractivity contribution in [3.63, 3.8) is 0 Å². The molecule has 0 atom stereocenters. The van der Waals surface area contributed by atoms with Crippen LogP contribution in [0.3, 0.4) is 0 Å². The molecule has 0 unspecified atom stereocenters. The molecule has 0 aliphatic rings. The molecule has 0 aliphatic carbocycles. The molecule has 0 bridgehead atoms. The van der Waals surface area contributed by atoms with E-state index in [9.17, 15) is 0 Å². The first-order valence-corrected chi connectivity index (χ1v) is 5.87. The lowest BCUT2D eigenvalue weighted by molar-refractivity contribution is 0.458. The molecular formula is C12H12BrN3O. The van der Waals surface area contributed by atoms with Crippen LogP contribution < -0.4 is 9.64 Å². The number of benzene rings is 1. The molecule has 1 aromatic carbocycles.